The van der Waals surface area contributed by atoms with Gasteiger partial charge in [0.15, 0.2) is 0 Å². The molecular weight excluding hydrogens is 134 g/mol. The second kappa shape index (κ2) is 3.41. The molecule has 0 aromatic carbocycles. The molecule has 0 amide bonds. The summed E-state index contributed by atoms with van der Waals surface area (Å²) in [6.45, 7) is 3.62. The van der Waals surface area contributed by atoms with Gasteiger partial charge in [-0.1, -0.05) is 0 Å². The van der Waals surface area contributed by atoms with E-state index >= 15 is 0 Å². The highest BCUT2D eigenvalue weighted by atomic mass is 16.7. The SMILES string of the molecule is CCOC(=O)OC1CNC1. The second-order valence-electron chi connectivity index (χ2n) is 2.08. The van der Waals surface area contributed by atoms with Gasteiger partial charge in [-0.05, 0) is 6.92 Å². The van der Waals surface area contributed by atoms with Crippen LogP contribution in [0.5, 0.6) is 0 Å². The smallest absolute Gasteiger partial charge is 0.435 e. The van der Waals surface area contributed by atoms with E-state index in [4.69, 9.17) is 4.74 Å². The minimum Gasteiger partial charge on any atom is -0.435 e. The lowest BCUT2D eigenvalue weighted by Gasteiger charge is -2.25. The quantitative estimate of drug-likeness (QED) is 0.561. The number of rotatable bonds is 2. The van der Waals surface area contributed by atoms with Gasteiger partial charge in [0.2, 0.25) is 0 Å². The van der Waals surface area contributed by atoms with Crippen molar-refractivity contribution in [2.45, 2.75) is 13.0 Å². The Kier molecular flexibility index (Phi) is 2.50. The van der Waals surface area contributed by atoms with E-state index in [-0.39, 0.29) is 6.10 Å². The van der Waals surface area contributed by atoms with Crippen molar-refractivity contribution in [2.75, 3.05) is 19.7 Å². The van der Waals surface area contributed by atoms with Crippen molar-refractivity contribution in [1.82, 2.24) is 5.32 Å². The molecule has 0 unspecified atom stereocenters. The summed E-state index contributed by atoms with van der Waals surface area (Å²) >= 11 is 0. The molecular formula is C6H11NO3. The molecule has 1 N–H and O–H groups in total. The van der Waals surface area contributed by atoms with Crippen LogP contribution < -0.4 is 5.32 Å². The molecule has 1 aliphatic heterocycles. The Hall–Kier alpha value is -0.770. The molecule has 58 valence electrons. The third kappa shape index (κ3) is 1.88. The molecule has 0 bridgehead atoms. The summed E-state index contributed by atoms with van der Waals surface area (Å²) in [7, 11) is 0. The van der Waals surface area contributed by atoms with Gasteiger partial charge >= 0.3 is 6.16 Å². The molecule has 0 radical (unpaired) electrons. The molecule has 0 aliphatic carbocycles. The maximum atomic E-state index is 10.6. The van der Waals surface area contributed by atoms with Gasteiger partial charge in [0.25, 0.3) is 0 Å². The van der Waals surface area contributed by atoms with Crippen molar-refractivity contribution in [3.63, 3.8) is 0 Å². The highest BCUT2D eigenvalue weighted by Gasteiger charge is 2.21. The van der Waals surface area contributed by atoms with Crippen LogP contribution in [-0.2, 0) is 9.47 Å². The van der Waals surface area contributed by atoms with Crippen molar-refractivity contribution in [1.29, 1.82) is 0 Å². The van der Waals surface area contributed by atoms with E-state index in [0.717, 1.165) is 13.1 Å². The van der Waals surface area contributed by atoms with E-state index in [1.807, 2.05) is 0 Å². The molecule has 4 heteroatoms. The summed E-state index contributed by atoms with van der Waals surface area (Å²) in [5, 5.41) is 2.98. The summed E-state index contributed by atoms with van der Waals surface area (Å²) in [4.78, 5) is 10.6. The molecule has 0 atom stereocenters. The Morgan fingerprint density at radius 2 is 2.40 bits per heavy atom. The van der Waals surface area contributed by atoms with Gasteiger partial charge in [0, 0.05) is 13.1 Å². The van der Waals surface area contributed by atoms with Crippen LogP contribution >= 0.6 is 0 Å². The molecule has 1 rings (SSSR count). The Bertz CT molecular complexity index is 122. The van der Waals surface area contributed by atoms with Crippen LogP contribution in [0.4, 0.5) is 4.79 Å². The van der Waals surface area contributed by atoms with Gasteiger partial charge in [0.05, 0.1) is 6.61 Å². The number of ether oxygens (including phenoxy) is 2. The third-order valence-corrected chi connectivity index (χ3v) is 1.27. The summed E-state index contributed by atoms with van der Waals surface area (Å²) in [5.74, 6) is 0. The second-order valence-corrected chi connectivity index (χ2v) is 2.08. The molecule has 1 fully saturated rings. The van der Waals surface area contributed by atoms with Crippen molar-refractivity contribution in [2.24, 2.45) is 0 Å². The maximum absolute atomic E-state index is 10.6. The molecule has 10 heavy (non-hydrogen) atoms. The Morgan fingerprint density at radius 1 is 1.70 bits per heavy atom. The first-order chi connectivity index (χ1) is 4.83. The van der Waals surface area contributed by atoms with Gasteiger partial charge in [-0.2, -0.15) is 0 Å². The van der Waals surface area contributed by atoms with Gasteiger partial charge in [-0.25, -0.2) is 4.79 Å². The van der Waals surface area contributed by atoms with Gasteiger partial charge < -0.3 is 14.8 Å². The van der Waals surface area contributed by atoms with Gasteiger partial charge in [0.1, 0.15) is 6.10 Å². The minimum atomic E-state index is -0.561. The predicted octanol–water partition coefficient (Wildman–Crippen LogP) is 0.131. The number of hydrogen-bond acceptors (Lipinski definition) is 4. The monoisotopic (exact) mass is 145 g/mol. The Balaban J connectivity index is 2.05. The Morgan fingerprint density at radius 3 is 2.80 bits per heavy atom. The molecule has 4 nitrogen and oxygen atoms in total. The van der Waals surface area contributed by atoms with Crippen LogP contribution in [0.3, 0.4) is 0 Å². The lowest BCUT2D eigenvalue weighted by atomic mass is 10.2. The van der Waals surface area contributed by atoms with Crippen molar-refractivity contribution >= 4 is 6.16 Å². The highest BCUT2D eigenvalue weighted by Crippen LogP contribution is 1.99. The lowest BCUT2D eigenvalue weighted by molar-refractivity contribution is 0.00836. The summed E-state index contributed by atoms with van der Waals surface area (Å²) < 4.78 is 9.36. The minimum absolute atomic E-state index is 0.0269. The van der Waals surface area contributed by atoms with Crippen molar-refractivity contribution < 1.29 is 14.3 Å². The standard InChI is InChI=1S/C6H11NO3/c1-2-9-6(8)10-5-3-7-4-5/h5,7H,2-4H2,1H3. The average Bonchev–Trinajstić information content (AvgIpc) is 1.80. The highest BCUT2D eigenvalue weighted by molar-refractivity contribution is 5.60. The topological polar surface area (TPSA) is 47.6 Å². The van der Waals surface area contributed by atoms with E-state index in [0.29, 0.717) is 6.61 Å². The summed E-state index contributed by atoms with van der Waals surface area (Å²) in [6, 6.07) is 0. The maximum Gasteiger partial charge on any atom is 0.508 e. The van der Waals surface area contributed by atoms with E-state index in [1.165, 1.54) is 0 Å². The molecule has 0 saturated carbocycles. The van der Waals surface area contributed by atoms with Crippen molar-refractivity contribution in [3.8, 4) is 0 Å². The van der Waals surface area contributed by atoms with E-state index in [2.05, 4.69) is 10.1 Å². The molecule has 0 aromatic rings. The third-order valence-electron chi connectivity index (χ3n) is 1.27. The molecule has 1 heterocycles. The number of carbonyl (C=O) groups excluding carboxylic acids is 1. The first-order valence-electron chi connectivity index (χ1n) is 3.37. The molecule has 0 aromatic heterocycles. The van der Waals surface area contributed by atoms with Gasteiger partial charge in [-0.3, -0.25) is 0 Å². The van der Waals surface area contributed by atoms with E-state index in [1.54, 1.807) is 6.92 Å². The average molecular weight is 145 g/mol. The molecule has 0 spiro atoms. The van der Waals surface area contributed by atoms with Crippen LogP contribution in [0.1, 0.15) is 6.92 Å². The van der Waals surface area contributed by atoms with Crippen LogP contribution in [-0.4, -0.2) is 32.0 Å². The number of nitrogens with one attached hydrogen (secondary N) is 1. The van der Waals surface area contributed by atoms with Gasteiger partial charge in [-0.15, -0.1) is 0 Å². The zero-order valence-corrected chi connectivity index (χ0v) is 5.92. The first kappa shape index (κ1) is 7.34. The predicted molar refractivity (Wildman–Crippen MR) is 34.8 cm³/mol. The van der Waals surface area contributed by atoms with Crippen LogP contribution in [0.2, 0.25) is 0 Å². The van der Waals surface area contributed by atoms with E-state index in [9.17, 15) is 4.79 Å². The van der Waals surface area contributed by atoms with Crippen molar-refractivity contribution in [3.05, 3.63) is 0 Å². The number of hydrogen-bond donors (Lipinski definition) is 1. The normalized spacial score (nSPS) is 17.7. The zero-order chi connectivity index (χ0) is 7.40. The Labute approximate surface area is 59.5 Å². The van der Waals surface area contributed by atoms with Crippen LogP contribution in [0, 0.1) is 0 Å². The summed E-state index contributed by atoms with van der Waals surface area (Å²) in [5.41, 5.74) is 0. The number of carbonyl (C=O) groups is 1. The fourth-order valence-corrected chi connectivity index (χ4v) is 0.633. The molecule has 1 saturated heterocycles. The largest absolute Gasteiger partial charge is 0.508 e. The fraction of sp³-hybridized carbons (Fsp3) is 0.833. The fourth-order valence-electron chi connectivity index (χ4n) is 0.633. The zero-order valence-electron chi connectivity index (χ0n) is 5.92. The molecule has 1 aliphatic rings. The summed E-state index contributed by atoms with van der Waals surface area (Å²) in [6.07, 6.45) is -0.534. The van der Waals surface area contributed by atoms with E-state index < -0.39 is 6.16 Å². The first-order valence-corrected chi connectivity index (χ1v) is 3.37. The van der Waals surface area contributed by atoms with Crippen LogP contribution in [0.25, 0.3) is 0 Å². The van der Waals surface area contributed by atoms with Crippen LogP contribution in [0.15, 0.2) is 0 Å². The lowest BCUT2D eigenvalue weighted by Crippen LogP contribution is -2.49.